The molecule has 172 valence electrons. The lowest BCUT2D eigenvalue weighted by Gasteiger charge is -2.32. The van der Waals surface area contributed by atoms with Crippen LogP contribution in [0.2, 0.25) is 0 Å². The maximum atomic E-state index is 13.9. The number of carbonyl (C=O) groups excluding carboxylic acids is 2. The average Bonchev–Trinajstić information content (AvgIpc) is 3.42. The first kappa shape index (κ1) is 22.2. The SMILES string of the molecule is O=C(NC1CCCCC1)[C@@H](c1cnc2ccccc2c1)N(C(=O)c1cnccn1)c1cccs1. The molecule has 1 aromatic carbocycles. The van der Waals surface area contributed by atoms with Crippen molar-refractivity contribution in [2.24, 2.45) is 0 Å². The molecule has 0 saturated heterocycles. The largest absolute Gasteiger partial charge is 0.351 e. The van der Waals surface area contributed by atoms with Crippen LogP contribution in [-0.2, 0) is 4.79 Å². The zero-order chi connectivity index (χ0) is 23.3. The van der Waals surface area contributed by atoms with Gasteiger partial charge in [-0.25, -0.2) is 4.98 Å². The normalized spacial score (nSPS) is 15.1. The lowest BCUT2D eigenvalue weighted by Crippen LogP contribution is -2.47. The molecule has 1 aliphatic carbocycles. The highest BCUT2D eigenvalue weighted by atomic mass is 32.1. The highest BCUT2D eigenvalue weighted by Crippen LogP contribution is 2.34. The number of amides is 2. The van der Waals surface area contributed by atoms with Gasteiger partial charge in [0.05, 0.1) is 16.7 Å². The molecule has 1 fully saturated rings. The summed E-state index contributed by atoms with van der Waals surface area (Å²) in [5, 5.41) is 6.68. The summed E-state index contributed by atoms with van der Waals surface area (Å²) in [5.74, 6) is -0.595. The molecular weight excluding hydrogens is 446 g/mol. The zero-order valence-electron chi connectivity index (χ0n) is 18.6. The summed E-state index contributed by atoms with van der Waals surface area (Å²) in [6.45, 7) is 0. The minimum Gasteiger partial charge on any atom is -0.351 e. The van der Waals surface area contributed by atoms with Crippen molar-refractivity contribution in [1.82, 2.24) is 20.3 Å². The van der Waals surface area contributed by atoms with Crippen LogP contribution in [0.3, 0.4) is 0 Å². The number of anilines is 1. The molecule has 0 unspecified atom stereocenters. The van der Waals surface area contributed by atoms with Gasteiger partial charge in [-0.1, -0.05) is 37.5 Å². The van der Waals surface area contributed by atoms with E-state index in [1.54, 1.807) is 6.20 Å². The van der Waals surface area contributed by atoms with Gasteiger partial charge in [0.25, 0.3) is 5.91 Å². The molecule has 7 nitrogen and oxygen atoms in total. The first-order valence-corrected chi connectivity index (χ1v) is 12.4. The Kier molecular flexibility index (Phi) is 6.58. The van der Waals surface area contributed by atoms with Crippen molar-refractivity contribution in [3.63, 3.8) is 0 Å². The Morgan fingerprint density at radius 1 is 1.00 bits per heavy atom. The summed E-state index contributed by atoms with van der Waals surface area (Å²) in [6, 6.07) is 12.6. The fourth-order valence-electron chi connectivity index (χ4n) is 4.47. The van der Waals surface area contributed by atoms with E-state index in [0.717, 1.165) is 36.6 Å². The molecule has 1 N–H and O–H groups in total. The van der Waals surface area contributed by atoms with Crippen LogP contribution in [0.15, 0.2) is 72.6 Å². The van der Waals surface area contributed by atoms with E-state index in [2.05, 4.69) is 20.3 Å². The van der Waals surface area contributed by atoms with Crippen molar-refractivity contribution >= 4 is 39.1 Å². The van der Waals surface area contributed by atoms with Gasteiger partial charge in [-0.2, -0.15) is 0 Å². The number of aromatic nitrogens is 3. The van der Waals surface area contributed by atoms with Crippen LogP contribution in [0, 0.1) is 0 Å². The Hall–Kier alpha value is -3.65. The van der Waals surface area contributed by atoms with E-state index in [1.807, 2.05) is 47.8 Å². The second kappa shape index (κ2) is 10.1. The maximum absolute atomic E-state index is 13.9. The van der Waals surface area contributed by atoms with Gasteiger partial charge in [0, 0.05) is 35.6 Å². The molecule has 2 amide bonds. The topological polar surface area (TPSA) is 88.1 Å². The van der Waals surface area contributed by atoms with E-state index in [4.69, 9.17) is 0 Å². The van der Waals surface area contributed by atoms with Crippen molar-refractivity contribution in [3.05, 3.63) is 83.9 Å². The number of pyridine rings is 1. The summed E-state index contributed by atoms with van der Waals surface area (Å²) in [4.78, 5) is 42.0. The van der Waals surface area contributed by atoms with Gasteiger partial charge in [-0.3, -0.25) is 24.5 Å². The number of rotatable bonds is 6. The summed E-state index contributed by atoms with van der Waals surface area (Å²) < 4.78 is 0. The van der Waals surface area contributed by atoms with E-state index in [1.165, 1.54) is 41.2 Å². The van der Waals surface area contributed by atoms with E-state index in [9.17, 15) is 9.59 Å². The Labute approximate surface area is 201 Å². The molecule has 0 aliphatic heterocycles. The number of hydrogen-bond acceptors (Lipinski definition) is 6. The van der Waals surface area contributed by atoms with E-state index >= 15 is 0 Å². The van der Waals surface area contributed by atoms with Crippen molar-refractivity contribution in [1.29, 1.82) is 0 Å². The molecule has 1 saturated carbocycles. The van der Waals surface area contributed by atoms with E-state index in [0.29, 0.717) is 10.6 Å². The smallest absolute Gasteiger partial charge is 0.280 e. The van der Waals surface area contributed by atoms with Crippen LogP contribution in [0.25, 0.3) is 10.9 Å². The second-order valence-electron chi connectivity index (χ2n) is 8.42. The molecule has 3 heterocycles. The van der Waals surface area contributed by atoms with Crippen molar-refractivity contribution in [3.8, 4) is 0 Å². The molecule has 1 aliphatic rings. The van der Waals surface area contributed by atoms with Gasteiger partial charge >= 0.3 is 0 Å². The summed E-state index contributed by atoms with van der Waals surface area (Å²) in [7, 11) is 0. The fraction of sp³-hybridized carbons (Fsp3) is 0.269. The number of carbonyl (C=O) groups is 2. The zero-order valence-corrected chi connectivity index (χ0v) is 19.4. The predicted molar refractivity (Wildman–Crippen MR) is 133 cm³/mol. The van der Waals surface area contributed by atoms with Gasteiger partial charge in [0.2, 0.25) is 5.91 Å². The number of para-hydroxylation sites is 1. The molecule has 1 atom stereocenters. The Balaban J connectivity index is 1.60. The van der Waals surface area contributed by atoms with Crippen molar-refractivity contribution < 1.29 is 9.59 Å². The lowest BCUT2D eigenvalue weighted by molar-refractivity contribution is -0.123. The Bertz CT molecular complexity index is 1270. The molecule has 3 aromatic heterocycles. The maximum Gasteiger partial charge on any atom is 0.280 e. The molecule has 0 bridgehead atoms. The summed E-state index contributed by atoms with van der Waals surface area (Å²) in [5.41, 5.74) is 1.67. The number of nitrogens with one attached hydrogen (secondary N) is 1. The van der Waals surface area contributed by atoms with Crippen LogP contribution in [0.1, 0.15) is 54.2 Å². The van der Waals surface area contributed by atoms with Crippen LogP contribution >= 0.6 is 11.3 Å². The number of benzene rings is 1. The highest BCUT2D eigenvalue weighted by molar-refractivity contribution is 7.14. The predicted octanol–water partition coefficient (Wildman–Crippen LogP) is 4.92. The first-order chi connectivity index (χ1) is 16.7. The van der Waals surface area contributed by atoms with Gasteiger partial charge < -0.3 is 5.32 Å². The van der Waals surface area contributed by atoms with Gasteiger partial charge in [-0.15, -0.1) is 11.3 Å². The van der Waals surface area contributed by atoms with Crippen LogP contribution in [0.5, 0.6) is 0 Å². The van der Waals surface area contributed by atoms with E-state index < -0.39 is 6.04 Å². The molecule has 0 radical (unpaired) electrons. The highest BCUT2D eigenvalue weighted by Gasteiger charge is 2.36. The van der Waals surface area contributed by atoms with Crippen LogP contribution in [0.4, 0.5) is 5.00 Å². The average molecular weight is 472 g/mol. The molecule has 34 heavy (non-hydrogen) atoms. The molecule has 4 aromatic rings. The quantitative estimate of drug-likeness (QED) is 0.431. The number of hydrogen-bond donors (Lipinski definition) is 1. The van der Waals surface area contributed by atoms with Gasteiger partial charge in [-0.05, 0) is 42.5 Å². The molecule has 5 rings (SSSR count). The van der Waals surface area contributed by atoms with Gasteiger partial charge in [0.1, 0.15) is 11.7 Å². The third kappa shape index (κ3) is 4.68. The number of thiophene rings is 1. The van der Waals surface area contributed by atoms with Crippen LogP contribution < -0.4 is 10.2 Å². The third-order valence-corrected chi connectivity index (χ3v) is 7.00. The minimum atomic E-state index is -0.896. The standard InChI is InChI=1S/C26H25N5O2S/c32-25(30-20-8-2-1-3-9-20)24(19-15-18-7-4-5-10-21(18)29-16-19)31(23-11-6-14-34-23)26(33)22-17-27-12-13-28-22/h4-7,10-17,20,24H,1-3,8-9H2,(H,30,32)/t24-/m1/s1. The minimum absolute atomic E-state index is 0.106. The lowest BCUT2D eigenvalue weighted by atomic mass is 9.94. The number of fused-ring (bicyclic) bond motifs is 1. The number of nitrogens with zero attached hydrogens (tertiary/aromatic N) is 4. The Morgan fingerprint density at radius 3 is 2.62 bits per heavy atom. The van der Waals surface area contributed by atoms with Crippen molar-refractivity contribution in [2.45, 2.75) is 44.2 Å². The Morgan fingerprint density at radius 2 is 1.85 bits per heavy atom. The fourth-order valence-corrected chi connectivity index (χ4v) is 5.22. The second-order valence-corrected chi connectivity index (χ2v) is 9.35. The van der Waals surface area contributed by atoms with Crippen LogP contribution in [-0.4, -0.2) is 32.8 Å². The molecule has 8 heteroatoms. The third-order valence-electron chi connectivity index (χ3n) is 6.13. The monoisotopic (exact) mass is 471 g/mol. The molecule has 0 spiro atoms. The van der Waals surface area contributed by atoms with E-state index in [-0.39, 0.29) is 23.6 Å². The van der Waals surface area contributed by atoms with Gasteiger partial charge in [0.15, 0.2) is 0 Å². The summed E-state index contributed by atoms with van der Waals surface area (Å²) in [6.07, 6.45) is 11.4. The first-order valence-electron chi connectivity index (χ1n) is 11.5. The molecular formula is C26H25N5O2S. The van der Waals surface area contributed by atoms with Crippen molar-refractivity contribution in [2.75, 3.05) is 4.90 Å². The summed E-state index contributed by atoms with van der Waals surface area (Å²) >= 11 is 1.40.